The number of nitrogens with zero attached hydrogens (tertiary/aromatic N) is 1. The molecule has 0 spiro atoms. The van der Waals surface area contributed by atoms with Crippen LogP contribution in [-0.2, 0) is 0 Å². The van der Waals surface area contributed by atoms with Crippen molar-refractivity contribution in [3.05, 3.63) is 22.7 Å². The van der Waals surface area contributed by atoms with Crippen molar-refractivity contribution >= 4 is 27.3 Å². The van der Waals surface area contributed by atoms with Crippen LogP contribution in [0.4, 0.5) is 11.4 Å². The summed E-state index contributed by atoms with van der Waals surface area (Å²) in [6.07, 6.45) is 2.33. The van der Waals surface area contributed by atoms with Gasteiger partial charge in [0.15, 0.2) is 0 Å². The van der Waals surface area contributed by atoms with Gasteiger partial charge >= 0.3 is 0 Å². The van der Waals surface area contributed by atoms with Gasteiger partial charge in [0.05, 0.1) is 0 Å². The fourth-order valence-corrected chi connectivity index (χ4v) is 1.88. The molecule has 1 aromatic rings. The number of benzene rings is 1. The predicted octanol–water partition coefficient (Wildman–Crippen LogP) is 3.66. The fourth-order valence-electron chi connectivity index (χ4n) is 1.64. The molecular formula is C12H19BrN2. The van der Waals surface area contributed by atoms with Crippen LogP contribution in [0.15, 0.2) is 22.7 Å². The number of rotatable bonds is 5. The molecule has 0 heterocycles. The van der Waals surface area contributed by atoms with E-state index in [9.17, 15) is 0 Å². The van der Waals surface area contributed by atoms with Gasteiger partial charge < -0.3 is 10.6 Å². The van der Waals surface area contributed by atoms with Gasteiger partial charge in [-0.3, -0.25) is 0 Å². The van der Waals surface area contributed by atoms with Crippen LogP contribution in [0.25, 0.3) is 0 Å². The molecule has 0 amide bonds. The van der Waals surface area contributed by atoms with Crippen molar-refractivity contribution in [2.45, 2.75) is 26.7 Å². The first-order valence-corrected chi connectivity index (χ1v) is 6.28. The third kappa shape index (κ3) is 3.42. The highest BCUT2D eigenvalue weighted by atomic mass is 79.9. The minimum absolute atomic E-state index is 0.810. The molecule has 2 N–H and O–H groups in total. The Balaban J connectivity index is 2.85. The molecule has 0 aliphatic carbocycles. The first kappa shape index (κ1) is 12.4. The van der Waals surface area contributed by atoms with Gasteiger partial charge in [0.25, 0.3) is 0 Å². The van der Waals surface area contributed by atoms with Crippen LogP contribution in [-0.4, -0.2) is 13.1 Å². The molecule has 0 saturated carbocycles. The van der Waals surface area contributed by atoms with Gasteiger partial charge in [-0.05, 0) is 47.0 Å². The maximum atomic E-state index is 5.88. The number of anilines is 2. The van der Waals surface area contributed by atoms with E-state index in [0.29, 0.717) is 0 Å². The molecule has 15 heavy (non-hydrogen) atoms. The monoisotopic (exact) mass is 270 g/mol. The van der Waals surface area contributed by atoms with E-state index in [1.54, 1.807) is 0 Å². The quantitative estimate of drug-likeness (QED) is 0.828. The first-order chi connectivity index (χ1) is 7.19. The van der Waals surface area contributed by atoms with E-state index in [0.717, 1.165) is 36.1 Å². The number of halogens is 1. The normalized spacial score (nSPS) is 10.3. The predicted molar refractivity (Wildman–Crippen MR) is 71.3 cm³/mol. The zero-order valence-electron chi connectivity index (χ0n) is 9.46. The topological polar surface area (TPSA) is 29.3 Å². The second-order valence-corrected chi connectivity index (χ2v) is 4.55. The summed E-state index contributed by atoms with van der Waals surface area (Å²) in [4.78, 5) is 2.38. The van der Waals surface area contributed by atoms with Crippen molar-refractivity contribution in [3.63, 3.8) is 0 Å². The average Bonchev–Trinajstić information content (AvgIpc) is 2.22. The largest absolute Gasteiger partial charge is 0.398 e. The van der Waals surface area contributed by atoms with Gasteiger partial charge in [-0.1, -0.05) is 13.8 Å². The van der Waals surface area contributed by atoms with E-state index >= 15 is 0 Å². The molecule has 0 bridgehead atoms. The Morgan fingerprint density at radius 3 is 2.27 bits per heavy atom. The molecule has 0 saturated heterocycles. The van der Waals surface area contributed by atoms with Crippen LogP contribution in [0.1, 0.15) is 26.7 Å². The van der Waals surface area contributed by atoms with Crippen LogP contribution in [0.3, 0.4) is 0 Å². The molecule has 0 radical (unpaired) electrons. The minimum Gasteiger partial charge on any atom is -0.398 e. The Bertz CT molecular complexity index is 306. The Hall–Kier alpha value is -0.700. The second-order valence-electron chi connectivity index (χ2n) is 3.69. The lowest BCUT2D eigenvalue weighted by Crippen LogP contribution is -2.24. The zero-order chi connectivity index (χ0) is 11.3. The summed E-state index contributed by atoms with van der Waals surface area (Å²) in [6, 6.07) is 6.17. The van der Waals surface area contributed by atoms with Crippen molar-refractivity contribution in [1.82, 2.24) is 0 Å². The number of hydrogen-bond acceptors (Lipinski definition) is 2. The van der Waals surface area contributed by atoms with Gasteiger partial charge in [0.2, 0.25) is 0 Å². The third-order valence-corrected chi connectivity index (χ3v) is 3.05. The van der Waals surface area contributed by atoms with Gasteiger partial charge in [0.1, 0.15) is 0 Å². The molecular weight excluding hydrogens is 252 g/mol. The summed E-state index contributed by atoms with van der Waals surface area (Å²) in [5, 5.41) is 0. The first-order valence-electron chi connectivity index (χ1n) is 5.49. The minimum atomic E-state index is 0.810. The van der Waals surface area contributed by atoms with Crippen LogP contribution in [0.5, 0.6) is 0 Å². The SMILES string of the molecule is CCCN(CCC)c1ccc(Br)c(N)c1. The Kier molecular flexibility index (Phi) is 4.95. The molecule has 0 aliphatic rings. The lowest BCUT2D eigenvalue weighted by Gasteiger charge is -2.24. The number of nitrogens with two attached hydrogens (primary N) is 1. The third-order valence-electron chi connectivity index (χ3n) is 2.33. The highest BCUT2D eigenvalue weighted by Crippen LogP contribution is 2.25. The Labute approximate surface area is 101 Å². The molecule has 0 aromatic heterocycles. The van der Waals surface area contributed by atoms with Crippen LogP contribution >= 0.6 is 15.9 Å². The molecule has 3 heteroatoms. The highest BCUT2D eigenvalue weighted by Gasteiger charge is 2.05. The fraction of sp³-hybridized carbons (Fsp3) is 0.500. The Morgan fingerprint density at radius 2 is 1.80 bits per heavy atom. The maximum absolute atomic E-state index is 5.88. The zero-order valence-corrected chi connectivity index (χ0v) is 11.0. The second kappa shape index (κ2) is 6.01. The Morgan fingerprint density at radius 1 is 1.20 bits per heavy atom. The van der Waals surface area contributed by atoms with Crippen molar-refractivity contribution < 1.29 is 0 Å². The number of nitrogen functional groups attached to an aromatic ring is 1. The molecule has 2 nitrogen and oxygen atoms in total. The number of hydrogen-bond donors (Lipinski definition) is 1. The lowest BCUT2D eigenvalue weighted by atomic mass is 10.2. The van der Waals surface area contributed by atoms with E-state index in [2.05, 4.69) is 40.7 Å². The van der Waals surface area contributed by atoms with Crippen molar-refractivity contribution in [3.8, 4) is 0 Å². The van der Waals surface area contributed by atoms with Gasteiger partial charge in [0, 0.05) is 28.9 Å². The van der Waals surface area contributed by atoms with Crippen molar-refractivity contribution in [2.24, 2.45) is 0 Å². The summed E-state index contributed by atoms with van der Waals surface area (Å²) in [5.74, 6) is 0. The highest BCUT2D eigenvalue weighted by molar-refractivity contribution is 9.10. The van der Waals surface area contributed by atoms with Gasteiger partial charge in [-0.15, -0.1) is 0 Å². The molecule has 1 rings (SSSR count). The van der Waals surface area contributed by atoms with Crippen LogP contribution in [0.2, 0.25) is 0 Å². The van der Waals surface area contributed by atoms with Crippen LogP contribution in [0, 0.1) is 0 Å². The maximum Gasteiger partial charge on any atom is 0.0479 e. The molecule has 0 unspecified atom stereocenters. The molecule has 0 aliphatic heterocycles. The summed E-state index contributed by atoms with van der Waals surface area (Å²) in [7, 11) is 0. The lowest BCUT2D eigenvalue weighted by molar-refractivity contribution is 0.745. The van der Waals surface area contributed by atoms with E-state index < -0.39 is 0 Å². The van der Waals surface area contributed by atoms with Gasteiger partial charge in [-0.25, -0.2) is 0 Å². The van der Waals surface area contributed by atoms with Crippen molar-refractivity contribution in [1.29, 1.82) is 0 Å². The van der Waals surface area contributed by atoms with Crippen molar-refractivity contribution in [2.75, 3.05) is 23.7 Å². The molecule has 0 atom stereocenters. The van der Waals surface area contributed by atoms with E-state index in [4.69, 9.17) is 5.73 Å². The smallest absolute Gasteiger partial charge is 0.0479 e. The standard InChI is InChI=1S/C12H19BrN2/c1-3-7-15(8-4-2)10-5-6-11(13)12(14)9-10/h5-6,9H,3-4,7-8,14H2,1-2H3. The van der Waals surface area contributed by atoms with Crippen LogP contribution < -0.4 is 10.6 Å². The summed E-state index contributed by atoms with van der Waals surface area (Å²) in [6.45, 7) is 6.58. The molecule has 1 aromatic carbocycles. The van der Waals surface area contributed by atoms with E-state index in [-0.39, 0.29) is 0 Å². The molecule has 0 fully saturated rings. The molecule has 84 valence electrons. The average molecular weight is 271 g/mol. The van der Waals surface area contributed by atoms with E-state index in [1.807, 2.05) is 12.1 Å². The summed E-state index contributed by atoms with van der Waals surface area (Å²) < 4.78 is 0.971. The van der Waals surface area contributed by atoms with E-state index in [1.165, 1.54) is 5.69 Å². The summed E-state index contributed by atoms with van der Waals surface area (Å²) >= 11 is 3.41. The van der Waals surface area contributed by atoms with Gasteiger partial charge in [-0.2, -0.15) is 0 Å². The summed E-state index contributed by atoms with van der Waals surface area (Å²) in [5.41, 5.74) is 7.91.